The molecule has 0 fully saturated rings. The highest BCUT2D eigenvalue weighted by Crippen LogP contribution is 2.07. The maximum atomic E-state index is 11.8. The van der Waals surface area contributed by atoms with E-state index in [1.807, 2.05) is 32.9 Å². The lowest BCUT2D eigenvalue weighted by Gasteiger charge is -2.14. The smallest absolute Gasteiger partial charge is 0.255 e. The molecule has 0 saturated heterocycles. The molecule has 0 amide bonds. The molecule has 1 heterocycles. The number of thiol groups is 1. The summed E-state index contributed by atoms with van der Waals surface area (Å²) in [5.41, 5.74) is 1.86. The number of aromatic nitrogens is 1. The molecule has 3 heteroatoms. The van der Waals surface area contributed by atoms with E-state index >= 15 is 0 Å². The maximum Gasteiger partial charge on any atom is 0.255 e. The first kappa shape index (κ1) is 10.4. The SMILES string of the molecule is Cc1ccc(CS)c(=O)n1C(C)C. The Morgan fingerprint density at radius 1 is 1.46 bits per heavy atom. The molecule has 0 aliphatic heterocycles. The Bertz CT molecular complexity index is 354. The summed E-state index contributed by atoms with van der Waals surface area (Å²) in [7, 11) is 0. The first-order valence-electron chi connectivity index (χ1n) is 4.39. The van der Waals surface area contributed by atoms with Gasteiger partial charge in [0.25, 0.3) is 5.56 Å². The topological polar surface area (TPSA) is 22.0 Å². The Morgan fingerprint density at radius 3 is 2.54 bits per heavy atom. The van der Waals surface area contributed by atoms with Crippen molar-refractivity contribution >= 4 is 12.6 Å². The van der Waals surface area contributed by atoms with Crippen molar-refractivity contribution in [3.8, 4) is 0 Å². The second-order valence-electron chi connectivity index (χ2n) is 3.43. The molecule has 0 radical (unpaired) electrons. The highest BCUT2D eigenvalue weighted by Gasteiger charge is 2.07. The third-order valence-electron chi connectivity index (χ3n) is 2.09. The molecule has 0 aliphatic rings. The van der Waals surface area contributed by atoms with Crippen LogP contribution >= 0.6 is 12.6 Å². The van der Waals surface area contributed by atoms with Gasteiger partial charge in [-0.25, -0.2) is 0 Å². The van der Waals surface area contributed by atoms with Gasteiger partial charge in [0.05, 0.1) is 0 Å². The van der Waals surface area contributed by atoms with Crippen LogP contribution in [0.15, 0.2) is 16.9 Å². The minimum Gasteiger partial charge on any atom is -0.310 e. The van der Waals surface area contributed by atoms with Gasteiger partial charge < -0.3 is 4.57 Å². The van der Waals surface area contributed by atoms with Gasteiger partial charge in [-0.15, -0.1) is 0 Å². The fourth-order valence-corrected chi connectivity index (χ4v) is 1.69. The van der Waals surface area contributed by atoms with Crippen LogP contribution in [0, 0.1) is 6.92 Å². The van der Waals surface area contributed by atoms with E-state index in [1.54, 1.807) is 4.57 Å². The Balaban J connectivity index is 3.39. The maximum absolute atomic E-state index is 11.8. The highest BCUT2D eigenvalue weighted by molar-refractivity contribution is 7.79. The van der Waals surface area contributed by atoms with Gasteiger partial charge in [-0.1, -0.05) is 6.07 Å². The lowest BCUT2D eigenvalue weighted by Crippen LogP contribution is -2.26. The molecule has 2 nitrogen and oxygen atoms in total. The Hall–Kier alpha value is -0.700. The molecule has 0 spiro atoms. The van der Waals surface area contributed by atoms with Crippen molar-refractivity contribution in [1.29, 1.82) is 0 Å². The second kappa shape index (κ2) is 4.01. The monoisotopic (exact) mass is 197 g/mol. The zero-order valence-electron chi connectivity index (χ0n) is 8.24. The molecular formula is C10H15NOS. The molecule has 13 heavy (non-hydrogen) atoms. The summed E-state index contributed by atoms with van der Waals surface area (Å²) >= 11 is 4.12. The van der Waals surface area contributed by atoms with Gasteiger partial charge in [0.1, 0.15) is 0 Å². The summed E-state index contributed by atoms with van der Waals surface area (Å²) in [6.45, 7) is 5.97. The van der Waals surface area contributed by atoms with Gasteiger partial charge in [0.15, 0.2) is 0 Å². The van der Waals surface area contributed by atoms with Crippen molar-refractivity contribution in [2.75, 3.05) is 0 Å². The predicted octanol–water partition coefficient (Wildman–Crippen LogP) is 2.17. The standard InChI is InChI=1S/C10H15NOS/c1-7(2)11-8(3)4-5-9(6-13)10(11)12/h4-5,7,13H,6H2,1-3H3. The number of hydrogen-bond acceptors (Lipinski definition) is 2. The van der Waals surface area contributed by atoms with Crippen LogP contribution in [0.1, 0.15) is 31.1 Å². The zero-order valence-corrected chi connectivity index (χ0v) is 9.14. The molecule has 0 unspecified atom stereocenters. The number of hydrogen-bond donors (Lipinski definition) is 1. The molecule has 1 aromatic rings. The van der Waals surface area contributed by atoms with Gasteiger partial charge in [-0.3, -0.25) is 4.79 Å². The van der Waals surface area contributed by atoms with Gasteiger partial charge in [-0.05, 0) is 26.8 Å². The third-order valence-corrected chi connectivity index (χ3v) is 2.43. The van der Waals surface area contributed by atoms with Crippen molar-refractivity contribution in [1.82, 2.24) is 4.57 Å². The lowest BCUT2D eigenvalue weighted by atomic mass is 10.2. The van der Waals surface area contributed by atoms with Crippen LogP contribution < -0.4 is 5.56 Å². The quantitative estimate of drug-likeness (QED) is 0.721. The van der Waals surface area contributed by atoms with Gasteiger partial charge in [0.2, 0.25) is 0 Å². The van der Waals surface area contributed by atoms with Crippen LogP contribution in [0.3, 0.4) is 0 Å². The molecule has 1 aromatic heterocycles. The van der Waals surface area contributed by atoms with Crippen LogP contribution in [0.4, 0.5) is 0 Å². The van der Waals surface area contributed by atoms with Crippen LogP contribution in [0.25, 0.3) is 0 Å². The Morgan fingerprint density at radius 2 is 2.08 bits per heavy atom. The first-order chi connectivity index (χ1) is 6.07. The second-order valence-corrected chi connectivity index (χ2v) is 3.74. The van der Waals surface area contributed by atoms with Crippen molar-refractivity contribution in [2.45, 2.75) is 32.6 Å². The van der Waals surface area contributed by atoms with E-state index in [0.29, 0.717) is 5.75 Å². The van der Waals surface area contributed by atoms with Crippen LogP contribution in [-0.4, -0.2) is 4.57 Å². The largest absolute Gasteiger partial charge is 0.310 e. The van der Waals surface area contributed by atoms with Crippen LogP contribution in [0.2, 0.25) is 0 Å². The van der Waals surface area contributed by atoms with E-state index in [0.717, 1.165) is 11.3 Å². The normalized spacial score (nSPS) is 10.8. The Labute approximate surface area is 84.0 Å². The van der Waals surface area contributed by atoms with E-state index in [9.17, 15) is 4.79 Å². The molecular weight excluding hydrogens is 182 g/mol. The molecule has 0 aliphatic carbocycles. The van der Waals surface area contributed by atoms with Crippen molar-refractivity contribution in [3.63, 3.8) is 0 Å². The highest BCUT2D eigenvalue weighted by atomic mass is 32.1. The summed E-state index contributed by atoms with van der Waals surface area (Å²) in [5, 5.41) is 0. The first-order valence-corrected chi connectivity index (χ1v) is 5.03. The fraction of sp³-hybridized carbons (Fsp3) is 0.500. The predicted molar refractivity (Wildman–Crippen MR) is 58.5 cm³/mol. The van der Waals surface area contributed by atoms with Crippen LogP contribution in [-0.2, 0) is 5.75 Å². The molecule has 0 saturated carbocycles. The van der Waals surface area contributed by atoms with Crippen molar-refractivity contribution < 1.29 is 0 Å². The summed E-state index contributed by atoms with van der Waals surface area (Å²) in [6.07, 6.45) is 0. The summed E-state index contributed by atoms with van der Waals surface area (Å²) in [4.78, 5) is 11.8. The van der Waals surface area contributed by atoms with E-state index in [2.05, 4.69) is 12.6 Å². The van der Waals surface area contributed by atoms with E-state index in [-0.39, 0.29) is 11.6 Å². The average Bonchev–Trinajstić information content (AvgIpc) is 2.04. The number of pyridine rings is 1. The van der Waals surface area contributed by atoms with Gasteiger partial charge >= 0.3 is 0 Å². The zero-order chi connectivity index (χ0) is 10.0. The molecule has 0 aromatic carbocycles. The lowest BCUT2D eigenvalue weighted by molar-refractivity contribution is 0.559. The van der Waals surface area contributed by atoms with E-state index < -0.39 is 0 Å². The molecule has 72 valence electrons. The van der Waals surface area contributed by atoms with E-state index in [1.165, 1.54) is 0 Å². The number of rotatable bonds is 2. The fourth-order valence-electron chi connectivity index (χ4n) is 1.45. The summed E-state index contributed by atoms with van der Waals surface area (Å²) in [5.74, 6) is 0.506. The Kier molecular flexibility index (Phi) is 3.20. The minimum atomic E-state index is 0.0880. The minimum absolute atomic E-state index is 0.0880. The van der Waals surface area contributed by atoms with Crippen LogP contribution in [0.5, 0.6) is 0 Å². The van der Waals surface area contributed by atoms with Crippen molar-refractivity contribution in [2.24, 2.45) is 0 Å². The van der Waals surface area contributed by atoms with Crippen molar-refractivity contribution in [3.05, 3.63) is 33.7 Å². The molecule has 0 bridgehead atoms. The van der Waals surface area contributed by atoms with Gasteiger partial charge in [0, 0.05) is 23.1 Å². The number of nitrogens with zero attached hydrogens (tertiary/aromatic N) is 1. The van der Waals surface area contributed by atoms with Gasteiger partial charge in [-0.2, -0.15) is 12.6 Å². The summed E-state index contributed by atoms with van der Waals surface area (Å²) < 4.78 is 1.80. The number of aryl methyl sites for hydroxylation is 1. The molecule has 0 N–H and O–H groups in total. The van der Waals surface area contributed by atoms with E-state index in [4.69, 9.17) is 0 Å². The average molecular weight is 197 g/mol. The summed E-state index contributed by atoms with van der Waals surface area (Å²) in [6, 6.07) is 4.03. The molecule has 0 atom stereocenters. The molecule has 1 rings (SSSR count). The third kappa shape index (κ3) is 1.97.